The van der Waals surface area contributed by atoms with Gasteiger partial charge < -0.3 is 19.4 Å². The summed E-state index contributed by atoms with van der Waals surface area (Å²) >= 11 is 1.81. The van der Waals surface area contributed by atoms with Gasteiger partial charge in [0.1, 0.15) is 5.37 Å². The Morgan fingerprint density at radius 2 is 2.07 bits per heavy atom. The largest absolute Gasteiger partial charge is 0.493 e. The van der Waals surface area contributed by atoms with Crippen molar-refractivity contribution in [3.63, 3.8) is 0 Å². The van der Waals surface area contributed by atoms with Crippen LogP contribution in [-0.4, -0.2) is 29.7 Å². The smallest absolute Gasteiger partial charge is 0.255 e. The van der Waals surface area contributed by atoms with Crippen LogP contribution in [0, 0.1) is 0 Å². The van der Waals surface area contributed by atoms with Crippen LogP contribution in [0.4, 0.5) is 5.69 Å². The molecule has 3 heterocycles. The maximum Gasteiger partial charge on any atom is 0.255 e. The minimum Gasteiger partial charge on any atom is -0.493 e. The zero-order chi connectivity index (χ0) is 18.8. The quantitative estimate of drug-likeness (QED) is 0.725. The molecule has 1 aromatic carbocycles. The lowest BCUT2D eigenvalue weighted by molar-refractivity contribution is 0.102. The van der Waals surface area contributed by atoms with E-state index in [2.05, 4.69) is 20.9 Å². The molecule has 0 spiro atoms. The van der Waals surface area contributed by atoms with Crippen LogP contribution in [0.15, 0.2) is 55.0 Å². The Hall–Kier alpha value is -2.93. The molecule has 0 bridgehead atoms. The lowest BCUT2D eigenvalue weighted by Gasteiger charge is -2.12. The molecular weight excluding hydrogens is 362 g/mol. The number of benzene rings is 1. The Kier molecular flexibility index (Phi) is 4.77. The number of amides is 1. The van der Waals surface area contributed by atoms with Gasteiger partial charge in [-0.2, -0.15) is 0 Å². The molecule has 6 nitrogen and oxygen atoms in total. The van der Waals surface area contributed by atoms with Gasteiger partial charge in [0.2, 0.25) is 0 Å². The Bertz CT molecular complexity index is 972. The van der Waals surface area contributed by atoms with Crippen LogP contribution >= 0.6 is 11.8 Å². The Labute approximate surface area is 161 Å². The van der Waals surface area contributed by atoms with E-state index in [-0.39, 0.29) is 11.3 Å². The van der Waals surface area contributed by atoms with E-state index in [1.165, 1.54) is 0 Å². The van der Waals surface area contributed by atoms with E-state index < -0.39 is 0 Å². The lowest BCUT2D eigenvalue weighted by Crippen LogP contribution is -2.13. The molecule has 0 fully saturated rings. The van der Waals surface area contributed by atoms with Crippen LogP contribution in [0.2, 0.25) is 0 Å². The highest BCUT2D eigenvalue weighted by Crippen LogP contribution is 2.43. The molecule has 4 rings (SSSR count). The lowest BCUT2D eigenvalue weighted by atomic mass is 10.2. The molecule has 1 N–H and O–H groups in total. The number of thioether (sulfide) groups is 1. The third-order valence-corrected chi connectivity index (χ3v) is 5.77. The summed E-state index contributed by atoms with van der Waals surface area (Å²) in [7, 11) is 3.12. The number of methoxy groups -OCH3 is 2. The monoisotopic (exact) mass is 381 g/mol. The van der Waals surface area contributed by atoms with E-state index in [0.29, 0.717) is 17.1 Å². The molecule has 0 saturated heterocycles. The van der Waals surface area contributed by atoms with Crippen LogP contribution in [0.1, 0.15) is 27.0 Å². The van der Waals surface area contributed by atoms with E-state index in [1.54, 1.807) is 38.6 Å². The van der Waals surface area contributed by atoms with Gasteiger partial charge in [-0.15, -0.1) is 11.8 Å². The highest BCUT2D eigenvalue weighted by atomic mass is 32.2. The van der Waals surface area contributed by atoms with Crippen molar-refractivity contribution in [2.75, 3.05) is 19.5 Å². The summed E-state index contributed by atoms with van der Waals surface area (Å²) < 4.78 is 12.7. The van der Waals surface area contributed by atoms with E-state index in [9.17, 15) is 4.79 Å². The first-order chi connectivity index (χ1) is 13.2. The predicted molar refractivity (Wildman–Crippen MR) is 106 cm³/mol. The van der Waals surface area contributed by atoms with E-state index in [0.717, 1.165) is 22.7 Å². The fourth-order valence-corrected chi connectivity index (χ4v) is 4.47. The van der Waals surface area contributed by atoms with Gasteiger partial charge >= 0.3 is 0 Å². The van der Waals surface area contributed by atoms with Gasteiger partial charge in [0.05, 0.1) is 25.6 Å². The first-order valence-corrected chi connectivity index (χ1v) is 9.50. The van der Waals surface area contributed by atoms with E-state index in [4.69, 9.17) is 9.47 Å². The van der Waals surface area contributed by atoms with Gasteiger partial charge in [0, 0.05) is 35.5 Å². The van der Waals surface area contributed by atoms with Crippen molar-refractivity contribution in [1.29, 1.82) is 0 Å². The predicted octanol–water partition coefficient (Wildman–Crippen LogP) is 3.95. The highest BCUT2D eigenvalue weighted by Gasteiger charge is 2.27. The molecule has 1 unspecified atom stereocenters. The van der Waals surface area contributed by atoms with Crippen LogP contribution in [0.5, 0.6) is 11.5 Å². The summed E-state index contributed by atoms with van der Waals surface area (Å²) in [5.41, 5.74) is 3.59. The fourth-order valence-electron chi connectivity index (χ4n) is 3.15. The molecule has 1 atom stereocenters. The Balaban J connectivity index is 1.56. The second-order valence-corrected chi connectivity index (χ2v) is 7.13. The number of fused-ring (bicyclic) bond motifs is 1. The average molecular weight is 381 g/mol. The van der Waals surface area contributed by atoms with Crippen LogP contribution in [0.3, 0.4) is 0 Å². The first-order valence-electron chi connectivity index (χ1n) is 8.46. The number of rotatable bonds is 5. The minimum absolute atomic E-state index is 0.181. The van der Waals surface area contributed by atoms with Crippen LogP contribution in [-0.2, 0) is 5.75 Å². The molecule has 138 valence electrons. The third kappa shape index (κ3) is 3.26. The number of nitrogens with zero attached hydrogens (tertiary/aromatic N) is 2. The fraction of sp³-hybridized carbons (Fsp3) is 0.200. The molecule has 0 radical (unpaired) electrons. The number of ether oxygens (including phenoxy) is 2. The number of aromatic nitrogens is 2. The molecular formula is C20H19N3O3S. The topological polar surface area (TPSA) is 65.4 Å². The minimum atomic E-state index is -0.181. The van der Waals surface area contributed by atoms with Gasteiger partial charge in [-0.3, -0.25) is 9.78 Å². The summed E-state index contributed by atoms with van der Waals surface area (Å²) in [4.78, 5) is 16.9. The molecule has 1 aliphatic heterocycles. The average Bonchev–Trinajstić information content (AvgIpc) is 3.31. The molecule has 1 aliphatic rings. The number of carbonyl (C=O) groups is 1. The molecule has 27 heavy (non-hydrogen) atoms. The van der Waals surface area contributed by atoms with E-state index in [1.807, 2.05) is 36.3 Å². The van der Waals surface area contributed by atoms with Gasteiger partial charge in [0.25, 0.3) is 5.91 Å². The third-order valence-electron chi connectivity index (χ3n) is 4.52. The molecule has 1 amide bonds. The van der Waals surface area contributed by atoms with E-state index >= 15 is 0 Å². The van der Waals surface area contributed by atoms with Crippen molar-refractivity contribution in [2.24, 2.45) is 0 Å². The molecule has 0 aliphatic carbocycles. The SMILES string of the molecule is COc1ccc(C(=O)Nc2ccn3c2CSC3c2cccnc2)cc1OC. The molecule has 0 saturated carbocycles. The first kappa shape index (κ1) is 17.5. The van der Waals surface area contributed by atoms with Crippen molar-refractivity contribution >= 4 is 23.4 Å². The summed E-state index contributed by atoms with van der Waals surface area (Å²) in [6.45, 7) is 0. The molecule has 2 aromatic heterocycles. The number of nitrogens with one attached hydrogen (secondary N) is 1. The number of hydrogen-bond donors (Lipinski definition) is 1. The van der Waals surface area contributed by atoms with Crippen molar-refractivity contribution in [3.8, 4) is 11.5 Å². The highest BCUT2D eigenvalue weighted by molar-refractivity contribution is 7.99. The number of pyridine rings is 1. The Morgan fingerprint density at radius 1 is 1.22 bits per heavy atom. The van der Waals surface area contributed by atoms with Gasteiger partial charge in [0.15, 0.2) is 11.5 Å². The number of hydrogen-bond acceptors (Lipinski definition) is 5. The summed E-state index contributed by atoms with van der Waals surface area (Å²) in [5.74, 6) is 1.77. The van der Waals surface area contributed by atoms with Crippen molar-refractivity contribution in [1.82, 2.24) is 9.55 Å². The number of anilines is 1. The second-order valence-electron chi connectivity index (χ2n) is 6.06. The summed E-state index contributed by atoms with van der Waals surface area (Å²) in [6, 6.07) is 11.1. The maximum absolute atomic E-state index is 12.7. The van der Waals surface area contributed by atoms with Gasteiger partial charge in [-0.05, 0) is 30.3 Å². The summed E-state index contributed by atoms with van der Waals surface area (Å²) in [6.07, 6.45) is 5.67. The Morgan fingerprint density at radius 3 is 2.81 bits per heavy atom. The normalized spacial score (nSPS) is 15.3. The zero-order valence-corrected chi connectivity index (χ0v) is 15.8. The number of carbonyl (C=O) groups excluding carboxylic acids is 1. The maximum atomic E-state index is 12.7. The van der Waals surface area contributed by atoms with Crippen LogP contribution < -0.4 is 14.8 Å². The molecule has 7 heteroatoms. The zero-order valence-electron chi connectivity index (χ0n) is 15.0. The molecule has 3 aromatic rings. The van der Waals surface area contributed by atoms with Crippen molar-refractivity contribution in [2.45, 2.75) is 11.1 Å². The summed E-state index contributed by atoms with van der Waals surface area (Å²) in [5, 5.41) is 3.20. The van der Waals surface area contributed by atoms with Crippen molar-refractivity contribution in [3.05, 3.63) is 71.8 Å². The van der Waals surface area contributed by atoms with Gasteiger partial charge in [-0.1, -0.05) is 6.07 Å². The van der Waals surface area contributed by atoms with Gasteiger partial charge in [-0.25, -0.2) is 0 Å². The second kappa shape index (κ2) is 7.36. The van der Waals surface area contributed by atoms with Crippen molar-refractivity contribution < 1.29 is 14.3 Å². The van der Waals surface area contributed by atoms with Crippen LogP contribution in [0.25, 0.3) is 0 Å². The standard InChI is InChI=1S/C20H19N3O3S/c1-25-17-6-5-13(10-18(17)26-2)19(24)22-15-7-9-23-16(15)12-27-20(23)14-4-3-8-21-11-14/h3-11,20H,12H2,1-2H3,(H,22,24).